The van der Waals surface area contributed by atoms with Crippen LogP contribution in [0.15, 0.2) is 0 Å². The number of likely N-dealkylation sites (N-methyl/N-ethyl adjacent to an activating group) is 1. The van der Waals surface area contributed by atoms with Gasteiger partial charge in [0, 0.05) is 26.1 Å². The lowest BCUT2D eigenvalue weighted by atomic mass is 10.2. The third-order valence-corrected chi connectivity index (χ3v) is 2.90. The molecular weight excluding hydrogens is 234 g/mol. The van der Waals surface area contributed by atoms with Gasteiger partial charge < -0.3 is 10.6 Å². The van der Waals surface area contributed by atoms with Crippen molar-refractivity contribution in [1.29, 1.82) is 0 Å². The second-order valence-electron chi connectivity index (χ2n) is 4.60. The van der Waals surface area contributed by atoms with Crippen LogP contribution < -0.4 is 5.73 Å². The van der Waals surface area contributed by atoms with Gasteiger partial charge in [-0.2, -0.15) is 0 Å². The normalized spacial score (nSPS) is 10.9. The van der Waals surface area contributed by atoms with Crippen molar-refractivity contribution < 1.29 is 4.79 Å². The highest BCUT2D eigenvalue weighted by molar-refractivity contribution is 7.80. The lowest BCUT2D eigenvalue weighted by Crippen LogP contribution is -2.42. The van der Waals surface area contributed by atoms with E-state index in [0.29, 0.717) is 30.5 Å². The first kappa shape index (κ1) is 16.3. The molecule has 0 heterocycles. The van der Waals surface area contributed by atoms with Gasteiger partial charge in [0.05, 0.1) is 11.5 Å². The van der Waals surface area contributed by atoms with Gasteiger partial charge in [0.1, 0.15) is 0 Å². The van der Waals surface area contributed by atoms with E-state index >= 15 is 0 Å². The number of thiocarbonyl (C=S) groups is 1. The van der Waals surface area contributed by atoms with Crippen LogP contribution in [0.4, 0.5) is 0 Å². The van der Waals surface area contributed by atoms with E-state index in [4.69, 9.17) is 18.0 Å². The van der Waals surface area contributed by atoms with Gasteiger partial charge in [-0.1, -0.05) is 19.1 Å². The predicted octanol–water partition coefficient (Wildman–Crippen LogP) is 1.24. The Labute approximate surface area is 110 Å². The molecule has 0 radical (unpaired) electrons. The van der Waals surface area contributed by atoms with Crippen LogP contribution in [0, 0.1) is 0 Å². The highest BCUT2D eigenvalue weighted by Gasteiger charge is 2.16. The van der Waals surface area contributed by atoms with Crippen molar-refractivity contribution in [2.45, 2.75) is 39.7 Å². The Morgan fingerprint density at radius 1 is 1.35 bits per heavy atom. The molecule has 0 bridgehead atoms. The van der Waals surface area contributed by atoms with Gasteiger partial charge in [0.2, 0.25) is 5.91 Å². The van der Waals surface area contributed by atoms with E-state index in [1.807, 2.05) is 0 Å². The standard InChI is InChI=1S/C12H25N3OS/c1-5-7-15(10(2)3)9-12(16)14(4)8-6-11(13)17/h10H,5-9H2,1-4H3,(H2,13,17). The molecule has 0 aromatic carbocycles. The lowest BCUT2D eigenvalue weighted by molar-refractivity contribution is -0.131. The molecule has 0 aromatic heterocycles. The largest absolute Gasteiger partial charge is 0.393 e. The van der Waals surface area contributed by atoms with Crippen molar-refractivity contribution in [2.75, 3.05) is 26.7 Å². The zero-order chi connectivity index (χ0) is 13.4. The van der Waals surface area contributed by atoms with Crippen LogP contribution >= 0.6 is 12.2 Å². The Bertz CT molecular complexity index is 256. The molecular formula is C12H25N3OS. The zero-order valence-corrected chi connectivity index (χ0v) is 12.2. The fourth-order valence-electron chi connectivity index (χ4n) is 1.50. The summed E-state index contributed by atoms with van der Waals surface area (Å²) in [7, 11) is 1.80. The number of hydrogen-bond acceptors (Lipinski definition) is 3. The van der Waals surface area contributed by atoms with Gasteiger partial charge in [-0.3, -0.25) is 9.69 Å². The van der Waals surface area contributed by atoms with E-state index < -0.39 is 0 Å². The summed E-state index contributed by atoms with van der Waals surface area (Å²) in [4.78, 5) is 16.3. The fraction of sp³-hybridized carbons (Fsp3) is 0.833. The van der Waals surface area contributed by atoms with Crippen LogP contribution in [-0.2, 0) is 4.79 Å². The van der Waals surface area contributed by atoms with Crippen molar-refractivity contribution >= 4 is 23.1 Å². The van der Waals surface area contributed by atoms with Gasteiger partial charge in [-0.15, -0.1) is 0 Å². The van der Waals surface area contributed by atoms with Crippen LogP contribution in [0.2, 0.25) is 0 Å². The first-order valence-electron chi connectivity index (χ1n) is 6.14. The number of hydrogen-bond donors (Lipinski definition) is 1. The fourth-order valence-corrected chi connectivity index (χ4v) is 1.60. The minimum atomic E-state index is 0.128. The maximum atomic E-state index is 11.9. The van der Waals surface area contributed by atoms with Crippen LogP contribution in [0.1, 0.15) is 33.6 Å². The molecule has 0 atom stereocenters. The number of carbonyl (C=O) groups excluding carboxylic acids is 1. The number of nitrogens with zero attached hydrogens (tertiary/aromatic N) is 2. The summed E-state index contributed by atoms with van der Waals surface area (Å²) in [6.45, 7) is 8.37. The lowest BCUT2D eigenvalue weighted by Gasteiger charge is -2.27. The molecule has 0 aromatic rings. The molecule has 1 amide bonds. The summed E-state index contributed by atoms with van der Waals surface area (Å²) < 4.78 is 0. The van der Waals surface area contributed by atoms with Crippen LogP contribution in [0.5, 0.6) is 0 Å². The molecule has 0 aliphatic rings. The SMILES string of the molecule is CCCN(CC(=O)N(C)CCC(N)=S)C(C)C. The maximum absolute atomic E-state index is 11.9. The third kappa shape index (κ3) is 7.28. The Morgan fingerprint density at radius 3 is 2.35 bits per heavy atom. The first-order chi connectivity index (χ1) is 7.88. The average Bonchev–Trinajstić information content (AvgIpc) is 2.24. The molecule has 0 fully saturated rings. The molecule has 0 spiro atoms. The Hall–Kier alpha value is -0.680. The average molecular weight is 259 g/mol. The second kappa shape index (κ2) is 8.42. The smallest absolute Gasteiger partial charge is 0.236 e. The van der Waals surface area contributed by atoms with Crippen molar-refractivity contribution in [1.82, 2.24) is 9.80 Å². The van der Waals surface area contributed by atoms with E-state index in [9.17, 15) is 4.79 Å². The number of nitrogens with two attached hydrogens (primary N) is 1. The van der Waals surface area contributed by atoms with Crippen LogP contribution in [0.3, 0.4) is 0 Å². The van der Waals surface area contributed by atoms with Crippen molar-refractivity contribution in [3.63, 3.8) is 0 Å². The topological polar surface area (TPSA) is 49.6 Å². The van der Waals surface area contributed by atoms with Gasteiger partial charge in [-0.25, -0.2) is 0 Å². The summed E-state index contributed by atoms with van der Waals surface area (Å²) in [5.74, 6) is 0.128. The van der Waals surface area contributed by atoms with Gasteiger partial charge >= 0.3 is 0 Å². The summed E-state index contributed by atoms with van der Waals surface area (Å²) >= 11 is 4.80. The summed E-state index contributed by atoms with van der Waals surface area (Å²) in [5, 5.41) is 0. The van der Waals surface area contributed by atoms with E-state index in [0.717, 1.165) is 13.0 Å². The molecule has 0 rings (SSSR count). The van der Waals surface area contributed by atoms with E-state index in [1.54, 1.807) is 11.9 Å². The second-order valence-corrected chi connectivity index (χ2v) is 5.12. The van der Waals surface area contributed by atoms with Crippen molar-refractivity contribution in [2.24, 2.45) is 5.73 Å². The number of rotatable bonds is 8. The number of carbonyl (C=O) groups is 1. The minimum Gasteiger partial charge on any atom is -0.393 e. The molecule has 100 valence electrons. The number of amides is 1. The van der Waals surface area contributed by atoms with Gasteiger partial charge in [0.15, 0.2) is 0 Å². The van der Waals surface area contributed by atoms with Crippen molar-refractivity contribution in [3.8, 4) is 0 Å². The first-order valence-corrected chi connectivity index (χ1v) is 6.55. The van der Waals surface area contributed by atoms with Gasteiger partial charge in [0.25, 0.3) is 0 Å². The van der Waals surface area contributed by atoms with E-state index in [-0.39, 0.29) is 5.91 Å². The predicted molar refractivity (Wildman–Crippen MR) is 76.0 cm³/mol. The molecule has 0 saturated carbocycles. The summed E-state index contributed by atoms with van der Waals surface area (Å²) in [5.41, 5.74) is 5.42. The monoisotopic (exact) mass is 259 g/mol. The van der Waals surface area contributed by atoms with Crippen LogP contribution in [-0.4, -0.2) is 53.4 Å². The molecule has 0 saturated heterocycles. The zero-order valence-electron chi connectivity index (χ0n) is 11.4. The molecule has 0 aliphatic carbocycles. The highest BCUT2D eigenvalue weighted by atomic mass is 32.1. The maximum Gasteiger partial charge on any atom is 0.236 e. The molecule has 2 N–H and O–H groups in total. The van der Waals surface area contributed by atoms with E-state index in [1.165, 1.54) is 0 Å². The highest BCUT2D eigenvalue weighted by Crippen LogP contribution is 2.01. The van der Waals surface area contributed by atoms with Crippen LogP contribution in [0.25, 0.3) is 0 Å². The Morgan fingerprint density at radius 2 is 1.94 bits per heavy atom. The Balaban J connectivity index is 4.15. The van der Waals surface area contributed by atoms with Gasteiger partial charge in [-0.05, 0) is 26.8 Å². The molecule has 17 heavy (non-hydrogen) atoms. The molecule has 5 heteroatoms. The third-order valence-electron chi connectivity index (χ3n) is 2.70. The molecule has 0 unspecified atom stereocenters. The Kier molecular flexibility index (Phi) is 8.08. The van der Waals surface area contributed by atoms with E-state index in [2.05, 4.69) is 25.7 Å². The van der Waals surface area contributed by atoms with Crippen molar-refractivity contribution in [3.05, 3.63) is 0 Å². The summed E-state index contributed by atoms with van der Waals surface area (Å²) in [6.07, 6.45) is 1.65. The molecule has 0 aliphatic heterocycles. The summed E-state index contributed by atoms with van der Waals surface area (Å²) in [6, 6.07) is 0.392. The quantitative estimate of drug-likeness (QED) is 0.666. The molecule has 4 nitrogen and oxygen atoms in total. The minimum absolute atomic E-state index is 0.128.